The third-order valence-electron chi connectivity index (χ3n) is 5.88. The summed E-state index contributed by atoms with van der Waals surface area (Å²) in [5.74, 6) is 0.300. The number of nitrogens with one attached hydrogen (secondary N) is 1. The molecule has 2 saturated carbocycles. The Hall–Kier alpha value is -1.34. The minimum Gasteiger partial charge on any atom is -0.299 e. The van der Waals surface area contributed by atoms with E-state index in [4.69, 9.17) is 0 Å². The molecule has 0 radical (unpaired) electrons. The van der Waals surface area contributed by atoms with Crippen molar-refractivity contribution < 1.29 is 13.2 Å². The highest BCUT2D eigenvalue weighted by atomic mass is 32.2. The molecule has 1 aromatic heterocycles. The van der Waals surface area contributed by atoms with E-state index in [-0.39, 0.29) is 23.5 Å². The molecule has 1 aromatic rings. The molecular weight excluding hydrogens is 314 g/mol. The van der Waals surface area contributed by atoms with Gasteiger partial charge in [-0.3, -0.25) is 14.8 Å². The van der Waals surface area contributed by atoms with Crippen molar-refractivity contribution in [2.45, 2.75) is 46.6 Å². The Bertz CT molecular complexity index is 727. The lowest BCUT2D eigenvalue weighted by atomic mass is 9.70. The zero-order valence-corrected chi connectivity index (χ0v) is 14.6. The van der Waals surface area contributed by atoms with E-state index in [9.17, 15) is 13.2 Å². The number of ketones is 1. The van der Waals surface area contributed by atoms with Gasteiger partial charge in [-0.15, -0.1) is 0 Å². The molecule has 1 N–H and O–H groups in total. The van der Waals surface area contributed by atoms with Gasteiger partial charge in [0, 0.05) is 18.0 Å². The molecule has 1 heterocycles. The summed E-state index contributed by atoms with van der Waals surface area (Å²) in [5, 5.41) is 0. The van der Waals surface area contributed by atoms with Crippen LogP contribution in [-0.4, -0.2) is 29.9 Å². The average molecular weight is 337 g/mol. The smallest absolute Gasteiger partial charge is 0.212 e. The van der Waals surface area contributed by atoms with Gasteiger partial charge in [-0.2, -0.15) is 0 Å². The van der Waals surface area contributed by atoms with Gasteiger partial charge in [-0.1, -0.05) is 13.8 Å². The normalized spacial score (nSPS) is 29.2. The summed E-state index contributed by atoms with van der Waals surface area (Å²) in [4.78, 5) is 20.7. The predicted molar refractivity (Wildman–Crippen MR) is 86.0 cm³/mol. The molecule has 0 aliphatic heterocycles. The molecule has 0 amide bonds. The molecule has 7 heteroatoms. The fraction of sp³-hybridized carbons (Fsp3) is 0.688. The first kappa shape index (κ1) is 16.5. The number of aromatic nitrogens is 2. The Balaban J connectivity index is 1.73. The topological polar surface area (TPSA) is 89.0 Å². The first-order valence-electron chi connectivity index (χ1n) is 7.94. The van der Waals surface area contributed by atoms with Crippen molar-refractivity contribution in [3.05, 3.63) is 23.8 Å². The largest absolute Gasteiger partial charge is 0.299 e. The van der Waals surface area contributed by atoms with Gasteiger partial charge in [0.05, 0.1) is 29.9 Å². The third-order valence-corrected chi connectivity index (χ3v) is 7.34. The van der Waals surface area contributed by atoms with Crippen LogP contribution in [0.5, 0.6) is 0 Å². The Labute approximate surface area is 137 Å². The van der Waals surface area contributed by atoms with Crippen LogP contribution >= 0.6 is 0 Å². The van der Waals surface area contributed by atoms with E-state index in [2.05, 4.69) is 14.7 Å². The standard InChI is InChI=1S/C16H23N3O3S/c1-11-7-18-13(8-17-11)9-19-23(21,22)10-16-5-4-12(6-14(16)20)15(16,2)3/h7-8,12,19H,4-6,9-10H2,1-3H3. The number of hydrogen-bond donors (Lipinski definition) is 1. The van der Waals surface area contributed by atoms with E-state index in [1.54, 1.807) is 12.4 Å². The van der Waals surface area contributed by atoms with Crippen LogP contribution in [0, 0.1) is 23.7 Å². The van der Waals surface area contributed by atoms with E-state index in [0.717, 1.165) is 12.1 Å². The lowest BCUT2D eigenvalue weighted by Gasteiger charge is -2.36. The highest BCUT2D eigenvalue weighted by Crippen LogP contribution is 2.64. The SMILES string of the molecule is Cc1cnc(CNS(=O)(=O)CC23CCC(CC2=O)C3(C)C)cn1. The number of fused-ring (bicyclic) bond motifs is 2. The summed E-state index contributed by atoms with van der Waals surface area (Å²) in [7, 11) is -3.56. The Morgan fingerprint density at radius 1 is 1.30 bits per heavy atom. The summed E-state index contributed by atoms with van der Waals surface area (Å²) in [6.07, 6.45) is 5.30. The van der Waals surface area contributed by atoms with Crippen LogP contribution in [0.25, 0.3) is 0 Å². The second-order valence-electron chi connectivity index (χ2n) is 7.40. The molecule has 2 aliphatic carbocycles. The number of hydrogen-bond acceptors (Lipinski definition) is 5. The second-order valence-corrected chi connectivity index (χ2v) is 9.20. The summed E-state index contributed by atoms with van der Waals surface area (Å²) in [6, 6.07) is 0. The Kier molecular flexibility index (Phi) is 3.84. The predicted octanol–water partition coefficient (Wildman–Crippen LogP) is 1.60. The number of carbonyl (C=O) groups excluding carboxylic acids is 1. The maximum absolute atomic E-state index is 12.5. The minimum absolute atomic E-state index is 0.101. The second kappa shape index (κ2) is 5.34. The van der Waals surface area contributed by atoms with Gasteiger partial charge in [0.1, 0.15) is 5.78 Å². The van der Waals surface area contributed by atoms with E-state index >= 15 is 0 Å². The summed E-state index contributed by atoms with van der Waals surface area (Å²) < 4.78 is 27.6. The van der Waals surface area contributed by atoms with Crippen molar-refractivity contribution in [3.63, 3.8) is 0 Å². The molecule has 2 fully saturated rings. The zero-order valence-electron chi connectivity index (χ0n) is 13.8. The molecule has 126 valence electrons. The molecule has 2 unspecified atom stereocenters. The number of Topliss-reactive ketones (excluding diaryl/α,β-unsaturated/α-hetero) is 1. The summed E-state index contributed by atoms with van der Waals surface area (Å²) >= 11 is 0. The van der Waals surface area contributed by atoms with Gasteiger partial charge in [0.15, 0.2) is 0 Å². The highest BCUT2D eigenvalue weighted by Gasteiger charge is 2.65. The molecule has 2 bridgehead atoms. The van der Waals surface area contributed by atoms with Crippen LogP contribution in [0.3, 0.4) is 0 Å². The van der Waals surface area contributed by atoms with Gasteiger partial charge in [0.25, 0.3) is 0 Å². The Morgan fingerprint density at radius 2 is 2.04 bits per heavy atom. The average Bonchev–Trinajstić information content (AvgIpc) is 2.80. The lowest BCUT2D eigenvalue weighted by Crippen LogP contribution is -2.45. The van der Waals surface area contributed by atoms with Gasteiger partial charge in [-0.05, 0) is 31.1 Å². The zero-order chi connectivity index (χ0) is 16.9. The maximum Gasteiger partial charge on any atom is 0.212 e. The Morgan fingerprint density at radius 3 is 2.57 bits per heavy atom. The number of sulfonamides is 1. The molecule has 0 aromatic carbocycles. The first-order chi connectivity index (χ1) is 10.7. The molecule has 2 atom stereocenters. The summed E-state index contributed by atoms with van der Waals surface area (Å²) in [6.45, 7) is 6.00. The monoisotopic (exact) mass is 337 g/mol. The first-order valence-corrected chi connectivity index (χ1v) is 9.60. The quantitative estimate of drug-likeness (QED) is 0.881. The van der Waals surface area contributed by atoms with Gasteiger partial charge >= 0.3 is 0 Å². The molecule has 23 heavy (non-hydrogen) atoms. The van der Waals surface area contributed by atoms with Crippen molar-refractivity contribution in [1.82, 2.24) is 14.7 Å². The molecule has 2 aliphatic rings. The van der Waals surface area contributed by atoms with Crippen LogP contribution in [-0.2, 0) is 21.4 Å². The summed E-state index contributed by atoms with van der Waals surface area (Å²) in [5.41, 5.74) is 0.370. The number of carbonyl (C=O) groups is 1. The van der Waals surface area contributed by atoms with Gasteiger partial charge < -0.3 is 0 Å². The van der Waals surface area contributed by atoms with Crippen molar-refractivity contribution >= 4 is 15.8 Å². The lowest BCUT2D eigenvalue weighted by molar-refractivity contribution is -0.128. The van der Waals surface area contributed by atoms with E-state index < -0.39 is 15.4 Å². The van der Waals surface area contributed by atoms with Crippen LogP contribution in [0.15, 0.2) is 12.4 Å². The highest BCUT2D eigenvalue weighted by molar-refractivity contribution is 7.89. The molecule has 0 saturated heterocycles. The van der Waals surface area contributed by atoms with E-state index in [1.165, 1.54) is 0 Å². The number of nitrogens with zero attached hydrogens (tertiary/aromatic N) is 2. The van der Waals surface area contributed by atoms with Crippen LogP contribution in [0.2, 0.25) is 0 Å². The van der Waals surface area contributed by atoms with Crippen LogP contribution in [0.1, 0.15) is 44.5 Å². The van der Waals surface area contributed by atoms with E-state index in [0.29, 0.717) is 24.5 Å². The van der Waals surface area contributed by atoms with Crippen molar-refractivity contribution in [1.29, 1.82) is 0 Å². The molecule has 0 spiro atoms. The fourth-order valence-electron chi connectivity index (χ4n) is 4.18. The third kappa shape index (κ3) is 2.70. The van der Waals surface area contributed by atoms with Crippen molar-refractivity contribution in [2.24, 2.45) is 16.7 Å². The van der Waals surface area contributed by atoms with Crippen molar-refractivity contribution in [3.8, 4) is 0 Å². The molecule has 6 nitrogen and oxygen atoms in total. The fourth-order valence-corrected chi connectivity index (χ4v) is 5.97. The molecular formula is C16H23N3O3S. The van der Waals surface area contributed by atoms with Crippen LogP contribution < -0.4 is 4.72 Å². The van der Waals surface area contributed by atoms with E-state index in [1.807, 2.05) is 20.8 Å². The van der Waals surface area contributed by atoms with Gasteiger partial charge in [-0.25, -0.2) is 13.1 Å². The maximum atomic E-state index is 12.5. The van der Waals surface area contributed by atoms with Crippen molar-refractivity contribution in [2.75, 3.05) is 5.75 Å². The van der Waals surface area contributed by atoms with Gasteiger partial charge in [0.2, 0.25) is 10.0 Å². The molecule has 3 rings (SSSR count). The number of aryl methyl sites for hydroxylation is 1. The van der Waals surface area contributed by atoms with Crippen LogP contribution in [0.4, 0.5) is 0 Å². The number of rotatable bonds is 5. The minimum atomic E-state index is -3.56.